The lowest BCUT2D eigenvalue weighted by atomic mass is 9.97. The quantitative estimate of drug-likeness (QED) is 0.917. The molecular weight excluding hydrogens is 341 g/mol. The molecule has 4 nitrogen and oxygen atoms in total. The molecule has 23 heavy (non-hydrogen) atoms. The van der Waals surface area contributed by atoms with Crippen molar-refractivity contribution in [3.63, 3.8) is 0 Å². The summed E-state index contributed by atoms with van der Waals surface area (Å²) in [5.74, 6) is 0.232. The number of sulfonamides is 1. The largest absolute Gasteiger partial charge is 0.493 e. The highest BCUT2D eigenvalue weighted by molar-refractivity contribution is 7.89. The highest BCUT2D eigenvalue weighted by Gasteiger charge is 2.22. The molecule has 0 amide bonds. The zero-order chi connectivity index (χ0) is 16.4. The van der Waals surface area contributed by atoms with Crippen LogP contribution in [0.25, 0.3) is 0 Å². The number of rotatable bonds is 4. The second kappa shape index (κ2) is 6.47. The van der Waals surface area contributed by atoms with Crippen molar-refractivity contribution in [1.29, 1.82) is 0 Å². The molecule has 1 unspecified atom stereocenters. The Labute approximate surface area is 139 Å². The number of hydrogen-bond acceptors (Lipinski definition) is 3. The van der Waals surface area contributed by atoms with Crippen LogP contribution in [-0.4, -0.2) is 21.6 Å². The first-order valence-electron chi connectivity index (χ1n) is 7.11. The van der Waals surface area contributed by atoms with Crippen LogP contribution >= 0.6 is 11.6 Å². The van der Waals surface area contributed by atoms with E-state index in [1.807, 2.05) is 24.3 Å². The zero-order valence-corrected chi connectivity index (χ0v) is 13.7. The van der Waals surface area contributed by atoms with E-state index in [2.05, 4.69) is 4.72 Å². The Bertz CT molecular complexity index is 826. The van der Waals surface area contributed by atoms with Gasteiger partial charge in [-0.25, -0.2) is 17.5 Å². The van der Waals surface area contributed by atoms with Gasteiger partial charge in [-0.1, -0.05) is 29.8 Å². The fraction of sp³-hybridized carbons (Fsp3) is 0.250. The molecule has 2 aromatic rings. The van der Waals surface area contributed by atoms with Crippen molar-refractivity contribution in [3.8, 4) is 5.75 Å². The van der Waals surface area contributed by atoms with Crippen LogP contribution in [0.1, 0.15) is 5.56 Å². The number of fused-ring (bicyclic) bond motifs is 1. The number of para-hydroxylation sites is 1. The van der Waals surface area contributed by atoms with E-state index >= 15 is 0 Å². The Kier molecular flexibility index (Phi) is 4.57. The Morgan fingerprint density at radius 1 is 1.26 bits per heavy atom. The molecule has 122 valence electrons. The first-order valence-corrected chi connectivity index (χ1v) is 8.97. The van der Waals surface area contributed by atoms with Gasteiger partial charge >= 0.3 is 0 Å². The second-order valence-electron chi connectivity index (χ2n) is 5.42. The van der Waals surface area contributed by atoms with Gasteiger partial charge in [0.1, 0.15) is 11.6 Å². The van der Waals surface area contributed by atoms with Gasteiger partial charge < -0.3 is 4.74 Å². The molecule has 1 aliphatic heterocycles. The van der Waals surface area contributed by atoms with Gasteiger partial charge in [-0.05, 0) is 36.2 Å². The first-order chi connectivity index (χ1) is 11.0. The number of nitrogens with one attached hydrogen (secondary N) is 1. The number of hydrogen-bond donors (Lipinski definition) is 1. The van der Waals surface area contributed by atoms with Gasteiger partial charge in [0.2, 0.25) is 10.0 Å². The van der Waals surface area contributed by atoms with Crippen molar-refractivity contribution in [2.24, 2.45) is 5.92 Å². The van der Waals surface area contributed by atoms with Crippen LogP contribution in [0.15, 0.2) is 47.4 Å². The molecule has 0 bridgehead atoms. The summed E-state index contributed by atoms with van der Waals surface area (Å²) < 4.78 is 45.8. The van der Waals surface area contributed by atoms with E-state index in [0.29, 0.717) is 6.61 Å². The number of halogens is 2. The molecule has 3 rings (SSSR count). The fourth-order valence-electron chi connectivity index (χ4n) is 2.48. The highest BCUT2D eigenvalue weighted by atomic mass is 35.5. The Hall–Kier alpha value is -1.63. The predicted octanol–water partition coefficient (Wildman–Crippen LogP) is 3.01. The molecule has 0 aromatic heterocycles. The van der Waals surface area contributed by atoms with E-state index in [4.69, 9.17) is 16.3 Å². The summed E-state index contributed by atoms with van der Waals surface area (Å²) in [6.45, 7) is 0.690. The van der Waals surface area contributed by atoms with E-state index in [9.17, 15) is 12.8 Å². The summed E-state index contributed by atoms with van der Waals surface area (Å²) in [4.78, 5) is -0.0546. The SMILES string of the molecule is O=S(=O)(NCC1COc2ccccc2C1)c1ccc(F)c(Cl)c1. The van der Waals surface area contributed by atoms with Crippen molar-refractivity contribution >= 4 is 21.6 Å². The predicted molar refractivity (Wildman–Crippen MR) is 85.7 cm³/mol. The van der Waals surface area contributed by atoms with Crippen LogP contribution in [0.5, 0.6) is 5.75 Å². The van der Waals surface area contributed by atoms with Gasteiger partial charge in [-0.2, -0.15) is 0 Å². The summed E-state index contributed by atoms with van der Waals surface area (Å²) >= 11 is 5.64. The molecular formula is C16H15ClFNO3S. The van der Waals surface area contributed by atoms with Crippen LogP contribution < -0.4 is 9.46 Å². The van der Waals surface area contributed by atoms with Crippen LogP contribution in [0.4, 0.5) is 4.39 Å². The van der Waals surface area contributed by atoms with Crippen LogP contribution in [0, 0.1) is 11.7 Å². The van der Waals surface area contributed by atoms with Crippen molar-refractivity contribution < 1.29 is 17.5 Å². The molecule has 7 heteroatoms. The lowest BCUT2D eigenvalue weighted by Gasteiger charge is -2.25. The van der Waals surface area contributed by atoms with Crippen molar-refractivity contribution in [1.82, 2.24) is 4.72 Å². The summed E-state index contributed by atoms with van der Waals surface area (Å²) in [6.07, 6.45) is 0.739. The molecule has 0 fully saturated rings. The average Bonchev–Trinajstić information content (AvgIpc) is 2.55. The molecule has 2 aromatic carbocycles. The molecule has 1 atom stereocenters. The third-order valence-electron chi connectivity index (χ3n) is 3.72. The maximum Gasteiger partial charge on any atom is 0.240 e. The molecule has 0 saturated carbocycles. The van der Waals surface area contributed by atoms with E-state index in [0.717, 1.165) is 29.9 Å². The smallest absolute Gasteiger partial charge is 0.240 e. The lowest BCUT2D eigenvalue weighted by Crippen LogP contribution is -2.34. The van der Waals surface area contributed by atoms with E-state index in [1.54, 1.807) is 0 Å². The van der Waals surface area contributed by atoms with Crippen molar-refractivity contribution in [2.45, 2.75) is 11.3 Å². The first kappa shape index (κ1) is 16.2. The summed E-state index contributed by atoms with van der Waals surface area (Å²) in [5, 5.41) is -0.220. The minimum absolute atomic E-state index is 0.0376. The second-order valence-corrected chi connectivity index (χ2v) is 7.59. The molecule has 0 saturated heterocycles. The highest BCUT2D eigenvalue weighted by Crippen LogP contribution is 2.27. The Balaban J connectivity index is 1.67. The Morgan fingerprint density at radius 2 is 2.04 bits per heavy atom. The molecule has 1 heterocycles. The maximum absolute atomic E-state index is 13.1. The van der Waals surface area contributed by atoms with Crippen molar-refractivity contribution in [3.05, 3.63) is 58.9 Å². The fourth-order valence-corrected chi connectivity index (χ4v) is 3.86. The summed E-state index contributed by atoms with van der Waals surface area (Å²) in [7, 11) is -3.73. The molecule has 0 spiro atoms. The van der Waals surface area contributed by atoms with Gasteiger partial charge in [-0.15, -0.1) is 0 Å². The lowest BCUT2D eigenvalue weighted by molar-refractivity contribution is 0.223. The molecule has 1 N–H and O–H groups in total. The average molecular weight is 356 g/mol. The monoisotopic (exact) mass is 355 g/mol. The van der Waals surface area contributed by atoms with Gasteiger partial charge in [-0.3, -0.25) is 0 Å². The standard InChI is InChI=1S/C16H15ClFNO3S/c17-14-8-13(5-6-15(14)18)23(20,21)19-9-11-7-12-3-1-2-4-16(12)22-10-11/h1-6,8,11,19H,7,9-10H2. The van der Waals surface area contributed by atoms with Gasteiger partial charge in [0.05, 0.1) is 16.5 Å². The van der Waals surface area contributed by atoms with Crippen molar-refractivity contribution in [2.75, 3.05) is 13.2 Å². The normalized spacial score (nSPS) is 17.4. The third kappa shape index (κ3) is 3.65. The Morgan fingerprint density at radius 3 is 2.83 bits per heavy atom. The maximum atomic E-state index is 13.1. The number of benzene rings is 2. The van der Waals surface area contributed by atoms with Gasteiger partial charge in [0.25, 0.3) is 0 Å². The third-order valence-corrected chi connectivity index (χ3v) is 5.43. The molecule has 0 radical (unpaired) electrons. The van der Waals surface area contributed by atoms with Gasteiger partial charge in [0.15, 0.2) is 0 Å². The minimum Gasteiger partial charge on any atom is -0.493 e. The zero-order valence-electron chi connectivity index (χ0n) is 12.1. The van der Waals surface area contributed by atoms with E-state index in [-0.39, 0.29) is 22.4 Å². The van der Waals surface area contributed by atoms with E-state index in [1.165, 1.54) is 6.07 Å². The van der Waals surface area contributed by atoms with Gasteiger partial charge in [0, 0.05) is 12.5 Å². The molecule has 1 aliphatic rings. The van der Waals surface area contributed by atoms with Crippen LogP contribution in [0.3, 0.4) is 0 Å². The number of ether oxygens (including phenoxy) is 1. The minimum atomic E-state index is -3.73. The molecule has 0 aliphatic carbocycles. The summed E-state index contributed by atoms with van der Waals surface area (Å²) in [6, 6.07) is 11.0. The van der Waals surface area contributed by atoms with Crippen LogP contribution in [0.2, 0.25) is 5.02 Å². The van der Waals surface area contributed by atoms with Crippen LogP contribution in [-0.2, 0) is 16.4 Å². The topological polar surface area (TPSA) is 55.4 Å². The summed E-state index contributed by atoms with van der Waals surface area (Å²) in [5.41, 5.74) is 1.06. The van der Waals surface area contributed by atoms with E-state index < -0.39 is 15.8 Å².